The van der Waals surface area contributed by atoms with Crippen molar-refractivity contribution >= 4 is 17.4 Å². The van der Waals surface area contributed by atoms with E-state index in [1.807, 2.05) is 42.5 Å². The Morgan fingerprint density at radius 3 is 2.33 bits per heavy atom. The van der Waals surface area contributed by atoms with E-state index in [0.717, 1.165) is 59.7 Å². The van der Waals surface area contributed by atoms with E-state index in [9.17, 15) is 18.0 Å². The minimum absolute atomic E-state index is 0.0756. The third-order valence-corrected chi connectivity index (χ3v) is 6.17. The predicted molar refractivity (Wildman–Crippen MR) is 120 cm³/mol. The fourth-order valence-electron chi connectivity index (χ4n) is 4.50. The molecule has 7 heteroatoms. The van der Waals surface area contributed by atoms with Crippen LogP contribution in [0.3, 0.4) is 0 Å². The third kappa shape index (κ3) is 4.59. The molecule has 0 amide bonds. The molecule has 170 valence electrons. The van der Waals surface area contributed by atoms with Crippen LogP contribution in [0.25, 0.3) is 11.6 Å². The van der Waals surface area contributed by atoms with E-state index in [2.05, 4.69) is 9.80 Å². The molecule has 2 aliphatic carbocycles. The highest BCUT2D eigenvalue weighted by atomic mass is 19.4. The smallest absolute Gasteiger partial charge is 0.422 e. The lowest BCUT2D eigenvalue weighted by Crippen LogP contribution is -2.46. The molecule has 3 aliphatic rings. The second kappa shape index (κ2) is 8.56. The summed E-state index contributed by atoms with van der Waals surface area (Å²) in [5, 5.41) is 0. The Morgan fingerprint density at radius 2 is 1.61 bits per heavy atom. The van der Waals surface area contributed by atoms with E-state index in [-0.39, 0.29) is 11.5 Å². The standard InChI is InChI=1S/C26H23F3N2O2/c27-26(28,29)17-33-20-7-5-18(6-8-20)16-30-11-13-31(14-12-30)24-10-9-22-21-4-2-1-3-19(21)15-23(22)25(24)32/h1-10,15H,11-14,16-17H2. The molecule has 0 N–H and O–H groups in total. The van der Waals surface area contributed by atoms with E-state index in [0.29, 0.717) is 6.54 Å². The van der Waals surface area contributed by atoms with Gasteiger partial charge in [0, 0.05) is 38.3 Å². The Kier molecular flexibility index (Phi) is 5.58. The van der Waals surface area contributed by atoms with Crippen molar-refractivity contribution in [3.63, 3.8) is 0 Å². The molecule has 4 nitrogen and oxygen atoms in total. The van der Waals surface area contributed by atoms with Crippen molar-refractivity contribution in [2.75, 3.05) is 32.8 Å². The minimum atomic E-state index is -4.34. The number of piperazine rings is 1. The van der Waals surface area contributed by atoms with Gasteiger partial charge in [-0.1, -0.05) is 42.5 Å². The van der Waals surface area contributed by atoms with Gasteiger partial charge in [-0.2, -0.15) is 13.2 Å². The van der Waals surface area contributed by atoms with Crippen LogP contribution in [-0.4, -0.2) is 54.5 Å². The number of nitrogens with zero attached hydrogens (tertiary/aromatic N) is 2. The zero-order valence-corrected chi connectivity index (χ0v) is 17.9. The fraction of sp³-hybridized carbons (Fsp3) is 0.269. The summed E-state index contributed by atoms with van der Waals surface area (Å²) >= 11 is 0. The Balaban J connectivity index is 1.17. The first-order valence-electron chi connectivity index (χ1n) is 10.9. The number of allylic oxidation sites excluding steroid dienone is 4. The first-order chi connectivity index (χ1) is 15.9. The lowest BCUT2D eigenvalue weighted by Gasteiger charge is -2.37. The first-order valence-corrected chi connectivity index (χ1v) is 10.9. The number of Topliss-reactive ketones (excluding diaryl/α,β-unsaturated/α-hetero) is 1. The quantitative estimate of drug-likeness (QED) is 0.659. The molecule has 1 fully saturated rings. The molecule has 1 saturated heterocycles. The summed E-state index contributed by atoms with van der Waals surface area (Å²) in [6.07, 6.45) is 1.62. The molecule has 0 atom stereocenters. The number of carbonyl (C=O) groups excluding carboxylic acids is 1. The average molecular weight is 452 g/mol. The summed E-state index contributed by atoms with van der Waals surface area (Å²) in [7, 11) is 0. The molecule has 2 aromatic rings. The highest BCUT2D eigenvalue weighted by Crippen LogP contribution is 2.39. The summed E-state index contributed by atoms with van der Waals surface area (Å²) < 4.78 is 41.6. The maximum absolute atomic E-state index is 13.2. The highest BCUT2D eigenvalue weighted by Gasteiger charge is 2.32. The van der Waals surface area contributed by atoms with Gasteiger partial charge >= 0.3 is 6.18 Å². The zero-order valence-electron chi connectivity index (χ0n) is 17.9. The van der Waals surface area contributed by atoms with E-state index < -0.39 is 12.8 Å². The number of rotatable bonds is 5. The van der Waals surface area contributed by atoms with Crippen LogP contribution in [0.2, 0.25) is 0 Å². The minimum Gasteiger partial charge on any atom is -0.484 e. The van der Waals surface area contributed by atoms with Gasteiger partial charge in [0.25, 0.3) is 0 Å². The van der Waals surface area contributed by atoms with Crippen molar-refractivity contribution in [2.24, 2.45) is 0 Å². The number of hydrogen-bond acceptors (Lipinski definition) is 4. The summed E-state index contributed by atoms with van der Waals surface area (Å²) in [4.78, 5) is 17.6. The van der Waals surface area contributed by atoms with Crippen LogP contribution in [0.1, 0.15) is 16.7 Å². The van der Waals surface area contributed by atoms with E-state index in [1.165, 1.54) is 0 Å². The van der Waals surface area contributed by atoms with Crippen LogP contribution in [0.15, 0.2) is 72.0 Å². The van der Waals surface area contributed by atoms with Gasteiger partial charge in [0.05, 0.1) is 5.70 Å². The SMILES string of the molecule is O=C1C2=Cc3ccccc3C2=CC=C1N1CCN(Cc2ccc(OCC(F)(F)F)cc2)CC1. The molecule has 0 aromatic heterocycles. The molecule has 33 heavy (non-hydrogen) atoms. The van der Waals surface area contributed by atoms with Gasteiger partial charge in [-0.15, -0.1) is 0 Å². The molecule has 5 rings (SSSR count). The molecule has 0 unspecified atom stereocenters. The van der Waals surface area contributed by atoms with Crippen molar-refractivity contribution < 1.29 is 22.7 Å². The molecule has 0 saturated carbocycles. The molecule has 0 bridgehead atoms. The van der Waals surface area contributed by atoms with Crippen LogP contribution in [-0.2, 0) is 11.3 Å². The second-order valence-electron chi connectivity index (χ2n) is 8.42. The Labute approximate surface area is 190 Å². The molecule has 1 heterocycles. The molecular formula is C26H23F3N2O2. The summed E-state index contributed by atoms with van der Waals surface area (Å²) in [5.74, 6) is 0.283. The Bertz CT molecular complexity index is 1150. The largest absolute Gasteiger partial charge is 0.484 e. The van der Waals surface area contributed by atoms with Gasteiger partial charge < -0.3 is 9.64 Å². The van der Waals surface area contributed by atoms with Crippen LogP contribution >= 0.6 is 0 Å². The number of hydrogen-bond donors (Lipinski definition) is 0. The lowest BCUT2D eigenvalue weighted by molar-refractivity contribution is -0.153. The topological polar surface area (TPSA) is 32.8 Å². The summed E-state index contributed by atoms with van der Waals surface area (Å²) in [5.41, 5.74) is 5.71. The van der Waals surface area contributed by atoms with Crippen molar-refractivity contribution in [2.45, 2.75) is 12.7 Å². The molecule has 0 radical (unpaired) electrons. The Morgan fingerprint density at radius 1 is 0.879 bits per heavy atom. The molecular weight excluding hydrogens is 429 g/mol. The number of ketones is 1. The zero-order chi connectivity index (χ0) is 23.0. The van der Waals surface area contributed by atoms with Gasteiger partial charge in [0.1, 0.15) is 5.75 Å². The van der Waals surface area contributed by atoms with Gasteiger partial charge in [0.15, 0.2) is 6.61 Å². The van der Waals surface area contributed by atoms with Crippen LogP contribution in [0.4, 0.5) is 13.2 Å². The van der Waals surface area contributed by atoms with Gasteiger partial charge in [-0.25, -0.2) is 0 Å². The first kappa shape index (κ1) is 21.5. The Hall–Kier alpha value is -3.32. The number of halogens is 3. The molecule has 1 aliphatic heterocycles. The normalized spacial score (nSPS) is 18.3. The average Bonchev–Trinajstić information content (AvgIpc) is 3.19. The van der Waals surface area contributed by atoms with Crippen LogP contribution in [0, 0.1) is 0 Å². The monoisotopic (exact) mass is 452 g/mol. The van der Waals surface area contributed by atoms with Crippen molar-refractivity contribution in [3.8, 4) is 5.75 Å². The predicted octanol–water partition coefficient (Wildman–Crippen LogP) is 4.69. The van der Waals surface area contributed by atoms with E-state index in [4.69, 9.17) is 4.74 Å². The summed E-state index contributed by atoms with van der Waals surface area (Å²) in [6.45, 7) is 2.49. The van der Waals surface area contributed by atoms with E-state index in [1.54, 1.807) is 24.3 Å². The van der Waals surface area contributed by atoms with Crippen LogP contribution in [0.5, 0.6) is 5.75 Å². The van der Waals surface area contributed by atoms with E-state index >= 15 is 0 Å². The van der Waals surface area contributed by atoms with Crippen LogP contribution < -0.4 is 4.74 Å². The molecule has 0 spiro atoms. The fourth-order valence-corrected chi connectivity index (χ4v) is 4.50. The number of fused-ring (bicyclic) bond motifs is 3. The van der Waals surface area contributed by atoms with Gasteiger partial charge in [-0.05, 0) is 46.5 Å². The molecule has 2 aromatic carbocycles. The summed E-state index contributed by atoms with van der Waals surface area (Å²) in [6, 6.07) is 14.8. The number of carbonyl (C=O) groups is 1. The van der Waals surface area contributed by atoms with Crippen molar-refractivity contribution in [1.29, 1.82) is 0 Å². The third-order valence-electron chi connectivity index (χ3n) is 6.17. The number of ether oxygens (including phenoxy) is 1. The number of alkyl halides is 3. The van der Waals surface area contributed by atoms with Crippen molar-refractivity contribution in [3.05, 3.63) is 88.6 Å². The maximum Gasteiger partial charge on any atom is 0.422 e. The van der Waals surface area contributed by atoms with Crippen molar-refractivity contribution in [1.82, 2.24) is 9.80 Å². The van der Waals surface area contributed by atoms with Gasteiger partial charge in [-0.3, -0.25) is 9.69 Å². The van der Waals surface area contributed by atoms with Gasteiger partial charge in [0.2, 0.25) is 5.78 Å². The highest BCUT2D eigenvalue weighted by molar-refractivity contribution is 6.25. The maximum atomic E-state index is 13.2. The number of benzene rings is 2. The second-order valence-corrected chi connectivity index (χ2v) is 8.42. The lowest BCUT2D eigenvalue weighted by atomic mass is 9.93.